The fraction of sp³-hybridized carbons (Fsp3) is 1.00. The molecule has 1 N–H and O–H groups in total. The van der Waals surface area contributed by atoms with Gasteiger partial charge >= 0.3 is 0 Å². The van der Waals surface area contributed by atoms with Crippen molar-refractivity contribution < 1.29 is 9.47 Å². The van der Waals surface area contributed by atoms with E-state index in [0.717, 1.165) is 26.4 Å². The molecule has 3 aliphatic rings. The highest BCUT2D eigenvalue weighted by molar-refractivity contribution is 4.97. The van der Waals surface area contributed by atoms with Crippen LogP contribution in [0.15, 0.2) is 0 Å². The summed E-state index contributed by atoms with van der Waals surface area (Å²) in [4.78, 5) is 0. The maximum atomic E-state index is 5.83. The standard InChI is InChI=1S/C15H27NO2/c1-2-9-18-13(4-1)12-16-14-5-3-6-15(14)7-10-17-11-8-15/h13-14,16H,1-12H2. The molecule has 3 rings (SSSR count). The number of hydrogen-bond acceptors (Lipinski definition) is 3. The summed E-state index contributed by atoms with van der Waals surface area (Å²) in [6, 6.07) is 0.715. The van der Waals surface area contributed by atoms with Crippen LogP contribution < -0.4 is 5.32 Å². The molecule has 0 aromatic rings. The molecular formula is C15H27NO2. The molecular weight excluding hydrogens is 226 g/mol. The highest BCUT2D eigenvalue weighted by Gasteiger charge is 2.43. The van der Waals surface area contributed by atoms with Gasteiger partial charge in [0.15, 0.2) is 0 Å². The van der Waals surface area contributed by atoms with E-state index < -0.39 is 0 Å². The minimum atomic E-state index is 0.469. The van der Waals surface area contributed by atoms with Crippen molar-refractivity contribution in [3.63, 3.8) is 0 Å². The average molecular weight is 253 g/mol. The van der Waals surface area contributed by atoms with Crippen molar-refractivity contribution in [2.24, 2.45) is 5.41 Å². The van der Waals surface area contributed by atoms with Gasteiger partial charge in [0.1, 0.15) is 0 Å². The van der Waals surface area contributed by atoms with Crippen LogP contribution in [0.3, 0.4) is 0 Å². The van der Waals surface area contributed by atoms with Crippen LogP contribution in [-0.4, -0.2) is 38.5 Å². The predicted octanol–water partition coefficient (Wildman–Crippen LogP) is 2.49. The molecule has 2 atom stereocenters. The lowest BCUT2D eigenvalue weighted by atomic mass is 9.75. The second-order valence-electron chi connectivity index (χ2n) is 6.32. The van der Waals surface area contributed by atoms with Crippen molar-refractivity contribution in [3.05, 3.63) is 0 Å². The summed E-state index contributed by atoms with van der Waals surface area (Å²) in [5.74, 6) is 0. The van der Waals surface area contributed by atoms with Crippen LogP contribution in [0.1, 0.15) is 51.4 Å². The highest BCUT2D eigenvalue weighted by Crippen LogP contribution is 2.45. The zero-order chi connectivity index (χ0) is 12.3. The van der Waals surface area contributed by atoms with Gasteiger partial charge in [-0.05, 0) is 50.4 Å². The van der Waals surface area contributed by atoms with Gasteiger partial charge in [0.2, 0.25) is 0 Å². The van der Waals surface area contributed by atoms with Crippen LogP contribution >= 0.6 is 0 Å². The zero-order valence-electron chi connectivity index (χ0n) is 11.5. The maximum Gasteiger partial charge on any atom is 0.0699 e. The summed E-state index contributed by atoms with van der Waals surface area (Å²) >= 11 is 0. The summed E-state index contributed by atoms with van der Waals surface area (Å²) in [6.07, 6.45) is 11.0. The van der Waals surface area contributed by atoms with E-state index in [1.54, 1.807) is 0 Å². The molecule has 2 heterocycles. The van der Waals surface area contributed by atoms with Crippen molar-refractivity contribution in [1.29, 1.82) is 0 Å². The highest BCUT2D eigenvalue weighted by atomic mass is 16.5. The van der Waals surface area contributed by atoms with E-state index >= 15 is 0 Å². The van der Waals surface area contributed by atoms with Crippen LogP contribution in [0.5, 0.6) is 0 Å². The largest absolute Gasteiger partial charge is 0.381 e. The molecule has 3 heteroatoms. The first-order valence-electron chi connectivity index (χ1n) is 7.82. The Morgan fingerprint density at radius 3 is 2.61 bits per heavy atom. The number of nitrogens with one attached hydrogen (secondary N) is 1. The van der Waals surface area contributed by atoms with Crippen molar-refractivity contribution in [2.75, 3.05) is 26.4 Å². The van der Waals surface area contributed by atoms with Gasteiger partial charge < -0.3 is 14.8 Å². The predicted molar refractivity (Wildman–Crippen MR) is 71.7 cm³/mol. The molecule has 3 fully saturated rings. The maximum absolute atomic E-state index is 5.83. The van der Waals surface area contributed by atoms with Gasteiger partial charge in [-0.1, -0.05) is 6.42 Å². The minimum Gasteiger partial charge on any atom is -0.381 e. The van der Waals surface area contributed by atoms with E-state index in [-0.39, 0.29) is 0 Å². The Hall–Kier alpha value is -0.120. The quantitative estimate of drug-likeness (QED) is 0.838. The third-order valence-electron chi connectivity index (χ3n) is 5.26. The van der Waals surface area contributed by atoms with Crippen LogP contribution in [0.4, 0.5) is 0 Å². The fourth-order valence-corrected chi connectivity index (χ4v) is 4.08. The third kappa shape index (κ3) is 2.73. The Morgan fingerprint density at radius 1 is 0.944 bits per heavy atom. The first kappa shape index (κ1) is 12.9. The van der Waals surface area contributed by atoms with E-state index in [0.29, 0.717) is 17.6 Å². The van der Waals surface area contributed by atoms with E-state index in [4.69, 9.17) is 9.47 Å². The van der Waals surface area contributed by atoms with Gasteiger partial charge in [-0.2, -0.15) is 0 Å². The monoisotopic (exact) mass is 253 g/mol. The Morgan fingerprint density at radius 2 is 1.83 bits per heavy atom. The Balaban J connectivity index is 1.51. The Labute approximate surface area is 111 Å². The molecule has 0 aromatic carbocycles. The molecule has 2 saturated heterocycles. The molecule has 2 aliphatic heterocycles. The third-order valence-corrected chi connectivity index (χ3v) is 5.26. The number of rotatable bonds is 3. The first-order chi connectivity index (χ1) is 8.89. The lowest BCUT2D eigenvalue weighted by Crippen LogP contribution is -2.47. The van der Waals surface area contributed by atoms with Gasteiger partial charge in [-0.15, -0.1) is 0 Å². The Bertz CT molecular complexity index is 257. The Kier molecular flexibility index (Phi) is 4.22. The van der Waals surface area contributed by atoms with E-state index in [1.165, 1.54) is 51.4 Å². The second-order valence-corrected chi connectivity index (χ2v) is 6.32. The SMILES string of the molecule is C1CCC(CNC2CCCC23CCOCC3)OC1. The molecule has 1 aliphatic carbocycles. The molecule has 0 amide bonds. The molecule has 0 radical (unpaired) electrons. The second kappa shape index (κ2) is 5.89. The van der Waals surface area contributed by atoms with Crippen molar-refractivity contribution in [2.45, 2.75) is 63.5 Å². The molecule has 1 spiro atoms. The first-order valence-corrected chi connectivity index (χ1v) is 7.82. The van der Waals surface area contributed by atoms with Crippen molar-refractivity contribution in [1.82, 2.24) is 5.32 Å². The van der Waals surface area contributed by atoms with Crippen LogP contribution in [0.25, 0.3) is 0 Å². The molecule has 1 saturated carbocycles. The topological polar surface area (TPSA) is 30.5 Å². The summed E-state index contributed by atoms with van der Waals surface area (Å²) < 4.78 is 11.4. The lowest BCUT2D eigenvalue weighted by Gasteiger charge is -2.40. The minimum absolute atomic E-state index is 0.469. The molecule has 0 bridgehead atoms. The van der Waals surface area contributed by atoms with Gasteiger partial charge in [0.25, 0.3) is 0 Å². The molecule has 3 nitrogen and oxygen atoms in total. The van der Waals surface area contributed by atoms with Crippen LogP contribution in [0.2, 0.25) is 0 Å². The summed E-state index contributed by atoms with van der Waals surface area (Å²) in [5.41, 5.74) is 0.549. The van der Waals surface area contributed by atoms with E-state index in [2.05, 4.69) is 5.32 Å². The van der Waals surface area contributed by atoms with Crippen molar-refractivity contribution >= 4 is 0 Å². The summed E-state index contributed by atoms with van der Waals surface area (Å²) in [7, 11) is 0. The molecule has 18 heavy (non-hydrogen) atoms. The molecule has 2 unspecified atom stereocenters. The van der Waals surface area contributed by atoms with E-state index in [1.807, 2.05) is 0 Å². The zero-order valence-corrected chi connectivity index (χ0v) is 11.5. The van der Waals surface area contributed by atoms with Gasteiger partial charge in [0.05, 0.1) is 6.10 Å². The van der Waals surface area contributed by atoms with Crippen LogP contribution in [-0.2, 0) is 9.47 Å². The summed E-state index contributed by atoms with van der Waals surface area (Å²) in [6.45, 7) is 3.97. The normalized spacial score (nSPS) is 36.0. The van der Waals surface area contributed by atoms with Gasteiger partial charge in [-0.3, -0.25) is 0 Å². The average Bonchev–Trinajstić information content (AvgIpc) is 2.81. The van der Waals surface area contributed by atoms with Gasteiger partial charge in [-0.25, -0.2) is 0 Å². The van der Waals surface area contributed by atoms with Crippen molar-refractivity contribution in [3.8, 4) is 0 Å². The van der Waals surface area contributed by atoms with E-state index in [9.17, 15) is 0 Å². The number of hydrogen-bond donors (Lipinski definition) is 1. The smallest absolute Gasteiger partial charge is 0.0699 e. The van der Waals surface area contributed by atoms with Gasteiger partial charge in [0, 0.05) is 32.4 Å². The van der Waals surface area contributed by atoms with Crippen LogP contribution in [0, 0.1) is 5.41 Å². The summed E-state index contributed by atoms with van der Waals surface area (Å²) in [5, 5.41) is 3.83. The lowest BCUT2D eigenvalue weighted by molar-refractivity contribution is -0.00847. The molecule has 104 valence electrons. The molecule has 0 aromatic heterocycles. The fourth-order valence-electron chi connectivity index (χ4n) is 4.08. The number of ether oxygens (including phenoxy) is 2.